The van der Waals surface area contributed by atoms with Crippen LogP contribution in [0.1, 0.15) is 17.3 Å². The van der Waals surface area contributed by atoms with E-state index in [9.17, 15) is 4.79 Å². The van der Waals surface area contributed by atoms with Crippen molar-refractivity contribution in [3.63, 3.8) is 0 Å². The van der Waals surface area contributed by atoms with Crippen LogP contribution in [0.4, 0.5) is 0 Å². The predicted octanol–water partition coefficient (Wildman–Crippen LogP) is 3.70. The van der Waals surface area contributed by atoms with E-state index in [-0.39, 0.29) is 5.78 Å². The highest BCUT2D eigenvalue weighted by Crippen LogP contribution is 2.36. The van der Waals surface area contributed by atoms with Gasteiger partial charge in [0.25, 0.3) is 0 Å². The molecule has 3 rings (SSSR count). The Kier molecular flexibility index (Phi) is 2.34. The molecular formula is C12H7ClN2OS. The van der Waals surface area contributed by atoms with Crippen molar-refractivity contribution in [3.05, 3.63) is 35.2 Å². The minimum absolute atomic E-state index is 0.0409. The molecule has 3 aromatic rings. The molecule has 0 aliphatic carbocycles. The number of nitrogens with zero attached hydrogens (tertiary/aromatic N) is 2. The molecule has 3 nitrogen and oxygen atoms in total. The van der Waals surface area contributed by atoms with Crippen LogP contribution < -0.4 is 0 Å². The number of rotatable bonds is 1. The zero-order chi connectivity index (χ0) is 12.0. The van der Waals surface area contributed by atoms with E-state index in [1.54, 1.807) is 18.3 Å². The number of fused-ring (bicyclic) bond motifs is 3. The lowest BCUT2D eigenvalue weighted by molar-refractivity contribution is 0.101. The number of thiophene rings is 1. The van der Waals surface area contributed by atoms with Crippen molar-refractivity contribution in [2.75, 3.05) is 0 Å². The largest absolute Gasteiger partial charge is 0.295 e. The number of hydrogen-bond acceptors (Lipinski definition) is 4. The number of ketones is 1. The van der Waals surface area contributed by atoms with Crippen molar-refractivity contribution in [3.8, 4) is 0 Å². The van der Waals surface area contributed by atoms with Gasteiger partial charge in [-0.15, -0.1) is 11.3 Å². The van der Waals surface area contributed by atoms with Crippen LogP contribution >= 0.6 is 22.9 Å². The second-order valence-corrected chi connectivity index (χ2v) is 5.10. The topological polar surface area (TPSA) is 42.9 Å². The summed E-state index contributed by atoms with van der Waals surface area (Å²) < 4.78 is 1.06. The van der Waals surface area contributed by atoms with Crippen LogP contribution in [-0.2, 0) is 0 Å². The lowest BCUT2D eigenvalue weighted by atomic mass is 10.1. The van der Waals surface area contributed by atoms with Gasteiger partial charge in [0.15, 0.2) is 5.78 Å². The summed E-state index contributed by atoms with van der Waals surface area (Å²) in [6.45, 7) is 1.55. The maximum atomic E-state index is 11.4. The molecule has 0 saturated heterocycles. The van der Waals surface area contributed by atoms with E-state index in [2.05, 4.69) is 9.97 Å². The van der Waals surface area contributed by atoms with Gasteiger partial charge in [-0.1, -0.05) is 11.6 Å². The highest BCUT2D eigenvalue weighted by atomic mass is 35.5. The fourth-order valence-corrected chi connectivity index (χ4v) is 3.11. The van der Waals surface area contributed by atoms with Gasteiger partial charge in [-0.2, -0.15) is 0 Å². The van der Waals surface area contributed by atoms with Crippen LogP contribution in [0.3, 0.4) is 0 Å². The number of carbonyl (C=O) groups is 1. The van der Waals surface area contributed by atoms with E-state index < -0.39 is 0 Å². The molecule has 84 valence electrons. The van der Waals surface area contributed by atoms with E-state index in [0.717, 1.165) is 20.3 Å². The van der Waals surface area contributed by atoms with Crippen LogP contribution in [0.2, 0.25) is 5.15 Å². The zero-order valence-electron chi connectivity index (χ0n) is 8.90. The normalized spacial score (nSPS) is 11.2. The number of halogens is 1. The van der Waals surface area contributed by atoms with Gasteiger partial charge in [0.05, 0.1) is 5.39 Å². The second-order valence-electron chi connectivity index (χ2n) is 3.71. The van der Waals surface area contributed by atoms with Crippen LogP contribution in [0, 0.1) is 0 Å². The summed E-state index contributed by atoms with van der Waals surface area (Å²) in [4.78, 5) is 20.4. The van der Waals surface area contributed by atoms with Gasteiger partial charge in [-0.05, 0) is 25.1 Å². The minimum Gasteiger partial charge on any atom is -0.295 e. The molecule has 0 fully saturated rings. The summed E-state index contributed by atoms with van der Waals surface area (Å²) in [6.07, 6.45) is 1.45. The summed E-state index contributed by atoms with van der Waals surface area (Å²) in [5.41, 5.74) is 0.678. The monoisotopic (exact) mass is 262 g/mol. The molecule has 2 heterocycles. The van der Waals surface area contributed by atoms with E-state index in [0.29, 0.717) is 10.7 Å². The molecule has 0 amide bonds. The number of aromatic nitrogens is 2. The molecule has 2 aromatic heterocycles. The Morgan fingerprint density at radius 1 is 1.35 bits per heavy atom. The molecule has 0 unspecified atom stereocenters. The molecular weight excluding hydrogens is 256 g/mol. The van der Waals surface area contributed by atoms with E-state index in [1.165, 1.54) is 6.33 Å². The smallest absolute Gasteiger partial charge is 0.159 e. The summed E-state index contributed by atoms with van der Waals surface area (Å²) in [7, 11) is 0. The van der Waals surface area contributed by atoms with Gasteiger partial charge in [-0.3, -0.25) is 4.79 Å². The van der Waals surface area contributed by atoms with Gasteiger partial charge in [0.2, 0.25) is 0 Å². The first-order valence-electron chi connectivity index (χ1n) is 5.00. The maximum Gasteiger partial charge on any atom is 0.159 e. The fourth-order valence-electron chi connectivity index (χ4n) is 1.79. The minimum atomic E-state index is 0.0409. The molecule has 0 bridgehead atoms. The summed E-state index contributed by atoms with van der Waals surface area (Å²) in [5.74, 6) is 0.0409. The Balaban J connectivity index is 2.48. The molecule has 0 radical (unpaired) electrons. The molecule has 0 atom stereocenters. The van der Waals surface area contributed by atoms with E-state index >= 15 is 0 Å². The van der Waals surface area contributed by atoms with Crippen molar-refractivity contribution < 1.29 is 4.79 Å². The highest BCUT2D eigenvalue weighted by Gasteiger charge is 2.11. The molecule has 0 N–H and O–H groups in total. The lowest BCUT2D eigenvalue weighted by Gasteiger charge is -1.96. The van der Waals surface area contributed by atoms with Gasteiger partial charge in [-0.25, -0.2) is 9.97 Å². The van der Waals surface area contributed by atoms with E-state index in [4.69, 9.17) is 11.6 Å². The first-order chi connectivity index (χ1) is 8.16. The zero-order valence-corrected chi connectivity index (χ0v) is 10.5. The van der Waals surface area contributed by atoms with Crippen molar-refractivity contribution in [1.29, 1.82) is 0 Å². The molecule has 1 aromatic carbocycles. The predicted molar refractivity (Wildman–Crippen MR) is 69.9 cm³/mol. The third-order valence-electron chi connectivity index (χ3n) is 2.63. The summed E-state index contributed by atoms with van der Waals surface area (Å²) in [6, 6.07) is 5.60. The maximum absolute atomic E-state index is 11.4. The Labute approximate surface area is 106 Å². The van der Waals surface area contributed by atoms with Gasteiger partial charge >= 0.3 is 0 Å². The molecule has 5 heteroatoms. The quantitative estimate of drug-likeness (QED) is 0.496. The highest BCUT2D eigenvalue weighted by molar-refractivity contribution is 7.25. The van der Waals surface area contributed by atoms with Crippen molar-refractivity contribution in [1.82, 2.24) is 9.97 Å². The number of Topliss-reactive ketones (excluding diaryl/α,β-unsaturated/α-hetero) is 1. The summed E-state index contributed by atoms with van der Waals surface area (Å²) in [5, 5.41) is 2.21. The number of hydrogen-bond donors (Lipinski definition) is 0. The van der Waals surface area contributed by atoms with Gasteiger partial charge in [0.1, 0.15) is 16.3 Å². The first-order valence-corrected chi connectivity index (χ1v) is 6.20. The number of carbonyl (C=O) groups excluding carboxylic acids is 1. The van der Waals surface area contributed by atoms with Crippen LogP contribution in [0.5, 0.6) is 0 Å². The SMILES string of the molecule is CC(=O)c1ccc2sc3ncnc(Cl)c3c2c1. The Hall–Kier alpha value is -1.52. The third kappa shape index (κ3) is 1.61. The fraction of sp³-hybridized carbons (Fsp3) is 0.0833. The Morgan fingerprint density at radius 2 is 2.18 bits per heavy atom. The Morgan fingerprint density at radius 3 is 2.94 bits per heavy atom. The average molecular weight is 263 g/mol. The Bertz CT molecular complexity index is 751. The molecule has 0 aliphatic rings. The molecule has 0 spiro atoms. The third-order valence-corrected chi connectivity index (χ3v) is 3.99. The standard InChI is InChI=1S/C12H7ClN2OS/c1-6(16)7-2-3-9-8(4-7)10-11(13)14-5-15-12(10)17-9/h2-5H,1H3. The van der Waals surface area contributed by atoms with Crippen molar-refractivity contribution in [2.24, 2.45) is 0 Å². The van der Waals surface area contributed by atoms with Crippen LogP contribution in [-0.4, -0.2) is 15.8 Å². The van der Waals surface area contributed by atoms with Crippen LogP contribution in [0.25, 0.3) is 20.3 Å². The van der Waals surface area contributed by atoms with Crippen molar-refractivity contribution in [2.45, 2.75) is 6.92 Å². The molecule has 0 aliphatic heterocycles. The van der Waals surface area contributed by atoms with Crippen molar-refractivity contribution >= 4 is 49.0 Å². The van der Waals surface area contributed by atoms with Gasteiger partial charge < -0.3 is 0 Å². The summed E-state index contributed by atoms with van der Waals surface area (Å²) >= 11 is 7.63. The van der Waals surface area contributed by atoms with Crippen LogP contribution in [0.15, 0.2) is 24.5 Å². The first kappa shape index (κ1) is 10.6. The lowest BCUT2D eigenvalue weighted by Crippen LogP contribution is -1.90. The molecule has 17 heavy (non-hydrogen) atoms. The van der Waals surface area contributed by atoms with E-state index in [1.807, 2.05) is 18.2 Å². The van der Waals surface area contributed by atoms with Gasteiger partial charge in [0, 0.05) is 15.6 Å². The second kappa shape index (κ2) is 3.75. The molecule has 0 saturated carbocycles. The number of benzene rings is 1. The average Bonchev–Trinajstić information content (AvgIpc) is 2.67.